The average Bonchev–Trinajstić information content (AvgIpc) is 2.70. The van der Waals surface area contributed by atoms with E-state index in [4.69, 9.17) is 0 Å². The lowest BCUT2D eigenvalue weighted by molar-refractivity contribution is -0.600. The van der Waals surface area contributed by atoms with Crippen molar-refractivity contribution in [2.24, 2.45) is 0 Å². The highest BCUT2D eigenvalue weighted by molar-refractivity contribution is 5.32. The van der Waals surface area contributed by atoms with Crippen LogP contribution in [0.4, 0.5) is 0 Å². The summed E-state index contributed by atoms with van der Waals surface area (Å²) in [5.41, 5.74) is 4.38. The largest absolute Gasteiger partial charge is 0.711 e. The maximum absolute atomic E-state index is 12.0. The third-order valence-electron chi connectivity index (χ3n) is 3.53. The van der Waals surface area contributed by atoms with E-state index < -0.39 is 0 Å². The van der Waals surface area contributed by atoms with E-state index >= 15 is 0 Å². The summed E-state index contributed by atoms with van der Waals surface area (Å²) in [6, 6.07) is 2.02. The molecule has 0 radical (unpaired) electrons. The second-order valence-electron chi connectivity index (χ2n) is 5.10. The van der Waals surface area contributed by atoms with Crippen molar-refractivity contribution in [1.29, 1.82) is 0 Å². The molecule has 1 aliphatic rings. The lowest BCUT2D eigenvalue weighted by Gasteiger charge is -2.09. The SMILES string of the molecule is Cc1cc(C)c(-n2cc3c(n2)CCCC3)[n+]([O-])c1. The summed E-state index contributed by atoms with van der Waals surface area (Å²) in [7, 11) is 0. The van der Waals surface area contributed by atoms with Crippen LogP contribution in [0.2, 0.25) is 0 Å². The van der Waals surface area contributed by atoms with Gasteiger partial charge in [-0.05, 0) is 51.2 Å². The van der Waals surface area contributed by atoms with Crippen LogP contribution in [0.25, 0.3) is 5.82 Å². The molecule has 0 N–H and O–H groups in total. The predicted octanol–water partition coefficient (Wildman–Crippen LogP) is 2.00. The number of pyridine rings is 1. The second-order valence-corrected chi connectivity index (χ2v) is 5.10. The molecule has 1 aliphatic carbocycles. The third kappa shape index (κ3) is 1.78. The predicted molar refractivity (Wildman–Crippen MR) is 68.6 cm³/mol. The van der Waals surface area contributed by atoms with Crippen molar-refractivity contribution < 1.29 is 4.73 Å². The second kappa shape index (κ2) is 4.12. The van der Waals surface area contributed by atoms with Crippen LogP contribution in [0, 0.1) is 19.1 Å². The van der Waals surface area contributed by atoms with E-state index in [9.17, 15) is 5.21 Å². The Morgan fingerprint density at radius 3 is 2.78 bits per heavy atom. The van der Waals surface area contributed by atoms with E-state index in [1.165, 1.54) is 18.4 Å². The topological polar surface area (TPSA) is 44.8 Å². The highest BCUT2D eigenvalue weighted by Gasteiger charge is 2.21. The number of aryl methyl sites for hydroxylation is 4. The zero-order chi connectivity index (χ0) is 12.7. The van der Waals surface area contributed by atoms with Crippen LogP contribution in [0.15, 0.2) is 18.5 Å². The number of hydrogen-bond acceptors (Lipinski definition) is 2. The van der Waals surface area contributed by atoms with Crippen LogP contribution in [0.5, 0.6) is 0 Å². The molecule has 94 valence electrons. The molecule has 0 atom stereocenters. The molecule has 2 heterocycles. The van der Waals surface area contributed by atoms with Crippen molar-refractivity contribution in [3.05, 3.63) is 46.1 Å². The molecule has 2 aromatic heterocycles. The zero-order valence-corrected chi connectivity index (χ0v) is 10.8. The van der Waals surface area contributed by atoms with Gasteiger partial charge in [0.15, 0.2) is 0 Å². The summed E-state index contributed by atoms with van der Waals surface area (Å²) < 4.78 is 2.67. The van der Waals surface area contributed by atoms with Crippen LogP contribution in [0.3, 0.4) is 0 Å². The highest BCUT2D eigenvalue weighted by atomic mass is 16.5. The molecule has 0 unspecified atom stereocenters. The van der Waals surface area contributed by atoms with Crippen molar-refractivity contribution >= 4 is 0 Å². The molecule has 0 bridgehead atoms. The fraction of sp³-hybridized carbons (Fsp3) is 0.429. The van der Waals surface area contributed by atoms with Gasteiger partial charge < -0.3 is 5.21 Å². The first-order valence-corrected chi connectivity index (χ1v) is 6.43. The molecule has 0 saturated heterocycles. The molecule has 3 rings (SSSR count). The van der Waals surface area contributed by atoms with Gasteiger partial charge in [-0.25, -0.2) is 4.73 Å². The minimum atomic E-state index is 0.620. The van der Waals surface area contributed by atoms with Crippen LogP contribution in [-0.2, 0) is 12.8 Å². The van der Waals surface area contributed by atoms with Gasteiger partial charge in [0.25, 0.3) is 0 Å². The number of nitrogens with zero attached hydrogens (tertiary/aromatic N) is 3. The summed E-state index contributed by atoms with van der Waals surface area (Å²) in [6.07, 6.45) is 8.16. The standard InChI is InChI=1S/C14H17N3O/c1-10-7-11(2)14(17(18)8-10)16-9-12-5-3-4-6-13(12)15-16/h7-9H,3-6H2,1-2H3. The number of rotatable bonds is 1. The lowest BCUT2D eigenvalue weighted by atomic mass is 9.99. The molecule has 2 aromatic rings. The molecule has 18 heavy (non-hydrogen) atoms. The summed E-state index contributed by atoms with van der Waals surface area (Å²) >= 11 is 0. The van der Waals surface area contributed by atoms with Crippen LogP contribution >= 0.6 is 0 Å². The Labute approximate surface area is 106 Å². The monoisotopic (exact) mass is 243 g/mol. The van der Waals surface area contributed by atoms with Gasteiger partial charge in [0, 0.05) is 11.1 Å². The van der Waals surface area contributed by atoms with E-state index in [1.54, 1.807) is 10.9 Å². The lowest BCUT2D eigenvalue weighted by Crippen LogP contribution is -2.33. The van der Waals surface area contributed by atoms with E-state index in [1.807, 2.05) is 26.1 Å². The van der Waals surface area contributed by atoms with Gasteiger partial charge in [-0.15, -0.1) is 4.68 Å². The average molecular weight is 243 g/mol. The van der Waals surface area contributed by atoms with Crippen LogP contribution < -0.4 is 4.73 Å². The Hall–Kier alpha value is -1.84. The van der Waals surface area contributed by atoms with Gasteiger partial charge in [0.1, 0.15) is 6.20 Å². The first-order valence-electron chi connectivity index (χ1n) is 6.43. The quantitative estimate of drug-likeness (QED) is 0.568. The Kier molecular flexibility index (Phi) is 2.58. The molecule has 0 aromatic carbocycles. The minimum absolute atomic E-state index is 0.620. The van der Waals surface area contributed by atoms with Gasteiger partial charge in [0.05, 0.1) is 11.9 Å². The number of hydrogen-bond donors (Lipinski definition) is 0. The van der Waals surface area contributed by atoms with Crippen molar-refractivity contribution in [3.63, 3.8) is 0 Å². The summed E-state index contributed by atoms with van der Waals surface area (Å²) in [5.74, 6) is 0.620. The summed E-state index contributed by atoms with van der Waals surface area (Å²) in [4.78, 5) is 0. The number of aromatic nitrogens is 3. The molecule has 0 saturated carbocycles. The maximum atomic E-state index is 12.0. The van der Waals surface area contributed by atoms with Gasteiger partial charge >= 0.3 is 5.82 Å². The smallest absolute Gasteiger partial charge is 0.312 e. The Bertz CT molecular complexity index is 555. The summed E-state index contributed by atoms with van der Waals surface area (Å²) in [5, 5.41) is 16.6. The first kappa shape index (κ1) is 11.3. The molecular formula is C14H17N3O. The molecule has 4 heteroatoms. The minimum Gasteiger partial charge on any atom is -0.711 e. The van der Waals surface area contributed by atoms with Crippen LogP contribution in [0.1, 0.15) is 35.2 Å². The Balaban J connectivity index is 2.12. The van der Waals surface area contributed by atoms with Gasteiger partial charge in [0.2, 0.25) is 0 Å². The molecule has 0 fully saturated rings. The normalized spacial score (nSPS) is 14.6. The third-order valence-corrected chi connectivity index (χ3v) is 3.53. The molecule has 0 spiro atoms. The van der Waals surface area contributed by atoms with Crippen molar-refractivity contribution in [3.8, 4) is 5.82 Å². The zero-order valence-electron chi connectivity index (χ0n) is 10.8. The van der Waals surface area contributed by atoms with Gasteiger partial charge in [-0.3, -0.25) is 0 Å². The van der Waals surface area contributed by atoms with Crippen molar-refractivity contribution in [2.75, 3.05) is 0 Å². The number of fused-ring (bicyclic) bond motifs is 1. The fourth-order valence-electron chi connectivity index (χ4n) is 2.73. The van der Waals surface area contributed by atoms with Crippen molar-refractivity contribution in [2.45, 2.75) is 39.5 Å². The van der Waals surface area contributed by atoms with Crippen LogP contribution in [-0.4, -0.2) is 9.78 Å². The van der Waals surface area contributed by atoms with E-state index in [-0.39, 0.29) is 0 Å². The molecule has 0 amide bonds. The highest BCUT2D eigenvalue weighted by Crippen LogP contribution is 2.21. The van der Waals surface area contributed by atoms with E-state index in [2.05, 4.69) is 5.10 Å². The molecule has 0 aliphatic heterocycles. The molecule has 4 nitrogen and oxygen atoms in total. The first-order chi connectivity index (χ1) is 8.65. The maximum Gasteiger partial charge on any atom is 0.312 e. The Morgan fingerprint density at radius 1 is 1.28 bits per heavy atom. The van der Waals surface area contributed by atoms with Gasteiger partial charge in [-0.2, -0.15) is 0 Å². The Morgan fingerprint density at radius 2 is 2.06 bits per heavy atom. The molecular weight excluding hydrogens is 226 g/mol. The fourth-order valence-corrected chi connectivity index (χ4v) is 2.73. The van der Waals surface area contributed by atoms with Gasteiger partial charge in [-0.1, -0.05) is 5.10 Å². The van der Waals surface area contributed by atoms with Crippen molar-refractivity contribution in [1.82, 2.24) is 9.78 Å². The summed E-state index contributed by atoms with van der Waals surface area (Å²) in [6.45, 7) is 3.89. The van der Waals surface area contributed by atoms with E-state index in [0.29, 0.717) is 5.82 Å². The van der Waals surface area contributed by atoms with E-state index in [0.717, 1.165) is 34.4 Å².